The van der Waals surface area contributed by atoms with E-state index in [4.69, 9.17) is 11.5 Å². The SMILES string of the molecule is NC(=O)c1c(-c2ccc(O)cc2)nn2c1NCCC2c1ccccc1N. The van der Waals surface area contributed by atoms with E-state index in [1.54, 1.807) is 28.9 Å². The van der Waals surface area contributed by atoms with E-state index in [-0.39, 0.29) is 11.8 Å². The molecule has 1 aliphatic heterocycles. The minimum Gasteiger partial charge on any atom is -0.508 e. The second kappa shape index (κ2) is 6.11. The van der Waals surface area contributed by atoms with Crippen molar-refractivity contribution in [3.8, 4) is 17.0 Å². The van der Waals surface area contributed by atoms with Crippen molar-refractivity contribution >= 4 is 17.4 Å². The number of para-hydroxylation sites is 1. The van der Waals surface area contributed by atoms with Gasteiger partial charge in [0.15, 0.2) is 0 Å². The van der Waals surface area contributed by atoms with Gasteiger partial charge in [-0.15, -0.1) is 0 Å². The Labute approximate surface area is 150 Å². The number of anilines is 2. The third-order valence-corrected chi connectivity index (χ3v) is 4.66. The summed E-state index contributed by atoms with van der Waals surface area (Å²) in [6.07, 6.45) is 0.788. The first-order valence-corrected chi connectivity index (χ1v) is 8.36. The van der Waals surface area contributed by atoms with Gasteiger partial charge in [-0.1, -0.05) is 18.2 Å². The summed E-state index contributed by atoms with van der Waals surface area (Å²) >= 11 is 0. The average molecular weight is 349 g/mol. The van der Waals surface area contributed by atoms with Gasteiger partial charge in [-0.05, 0) is 42.3 Å². The van der Waals surface area contributed by atoms with E-state index in [0.29, 0.717) is 34.9 Å². The van der Waals surface area contributed by atoms with Crippen molar-refractivity contribution in [3.05, 3.63) is 59.7 Å². The van der Waals surface area contributed by atoms with Crippen LogP contribution in [-0.2, 0) is 0 Å². The van der Waals surface area contributed by atoms with Gasteiger partial charge >= 0.3 is 0 Å². The molecule has 3 aromatic rings. The number of carbonyl (C=O) groups is 1. The summed E-state index contributed by atoms with van der Waals surface area (Å²) in [5.74, 6) is 0.190. The molecule has 6 N–H and O–H groups in total. The molecule has 2 aromatic carbocycles. The van der Waals surface area contributed by atoms with Crippen LogP contribution in [-0.4, -0.2) is 27.3 Å². The Kier molecular flexibility index (Phi) is 3.76. The number of hydrogen-bond donors (Lipinski definition) is 4. The maximum Gasteiger partial charge on any atom is 0.254 e. The fourth-order valence-corrected chi connectivity index (χ4v) is 3.44. The molecular weight excluding hydrogens is 330 g/mol. The quantitative estimate of drug-likeness (QED) is 0.541. The molecule has 0 fully saturated rings. The predicted molar refractivity (Wildman–Crippen MR) is 99.9 cm³/mol. The van der Waals surface area contributed by atoms with Crippen LogP contribution in [0, 0.1) is 0 Å². The number of rotatable bonds is 3. The van der Waals surface area contributed by atoms with Crippen LogP contribution < -0.4 is 16.8 Å². The fourth-order valence-electron chi connectivity index (χ4n) is 3.44. The third kappa shape index (κ3) is 2.54. The van der Waals surface area contributed by atoms with Crippen molar-refractivity contribution in [1.29, 1.82) is 0 Å². The molecule has 1 aliphatic rings. The summed E-state index contributed by atoms with van der Waals surface area (Å²) in [5.41, 5.74) is 15.0. The minimum atomic E-state index is -0.552. The van der Waals surface area contributed by atoms with E-state index < -0.39 is 5.91 Å². The largest absolute Gasteiger partial charge is 0.508 e. The molecule has 0 saturated carbocycles. The van der Waals surface area contributed by atoms with Gasteiger partial charge in [0.25, 0.3) is 5.91 Å². The molecule has 0 spiro atoms. The van der Waals surface area contributed by atoms with Gasteiger partial charge in [0, 0.05) is 17.8 Å². The number of aromatic nitrogens is 2. The predicted octanol–water partition coefficient (Wildman–Crippen LogP) is 2.34. The number of hydrogen-bond acceptors (Lipinski definition) is 5. The number of nitrogen functional groups attached to an aromatic ring is 1. The van der Waals surface area contributed by atoms with Crippen molar-refractivity contribution in [2.75, 3.05) is 17.6 Å². The zero-order chi connectivity index (χ0) is 18.3. The normalized spacial score (nSPS) is 15.9. The Balaban J connectivity index is 1.90. The lowest BCUT2D eigenvalue weighted by atomic mass is 10.00. The lowest BCUT2D eigenvalue weighted by Crippen LogP contribution is -2.26. The van der Waals surface area contributed by atoms with E-state index in [1.807, 2.05) is 24.3 Å². The number of phenolic OH excluding ortho intramolecular Hbond substituents is 1. The number of phenols is 1. The molecular formula is C19H19N5O2. The number of carbonyl (C=O) groups excluding carboxylic acids is 1. The number of primary amides is 1. The van der Waals surface area contributed by atoms with E-state index in [0.717, 1.165) is 12.0 Å². The molecule has 2 heterocycles. The van der Waals surface area contributed by atoms with Gasteiger partial charge in [-0.2, -0.15) is 5.10 Å². The lowest BCUT2D eigenvalue weighted by Gasteiger charge is -2.27. The smallest absolute Gasteiger partial charge is 0.254 e. The summed E-state index contributed by atoms with van der Waals surface area (Å²) in [6, 6.07) is 14.1. The molecule has 0 saturated heterocycles. The Morgan fingerprint density at radius 2 is 1.92 bits per heavy atom. The van der Waals surface area contributed by atoms with Crippen LogP contribution in [0.1, 0.15) is 28.4 Å². The highest BCUT2D eigenvalue weighted by molar-refractivity contribution is 6.03. The standard InChI is InChI=1S/C19H19N5O2/c20-14-4-2-1-3-13(14)15-9-10-22-19-16(18(21)26)17(23-24(15)19)11-5-7-12(25)8-6-11/h1-8,15,22,25H,9-10,20H2,(H2,21,26). The molecule has 26 heavy (non-hydrogen) atoms. The highest BCUT2D eigenvalue weighted by atomic mass is 16.3. The first kappa shape index (κ1) is 16.0. The number of fused-ring (bicyclic) bond motifs is 1. The molecule has 4 rings (SSSR count). The zero-order valence-electron chi connectivity index (χ0n) is 14.0. The van der Waals surface area contributed by atoms with Gasteiger partial charge < -0.3 is 21.9 Å². The molecule has 1 amide bonds. The summed E-state index contributed by atoms with van der Waals surface area (Å²) in [5, 5.41) is 17.5. The maximum absolute atomic E-state index is 12.2. The van der Waals surface area contributed by atoms with Crippen LogP contribution in [0.4, 0.5) is 11.5 Å². The monoisotopic (exact) mass is 349 g/mol. The lowest BCUT2D eigenvalue weighted by molar-refractivity contribution is 0.100. The molecule has 132 valence electrons. The summed E-state index contributed by atoms with van der Waals surface area (Å²) in [4.78, 5) is 12.2. The molecule has 0 aliphatic carbocycles. The Morgan fingerprint density at radius 3 is 2.62 bits per heavy atom. The summed E-state index contributed by atoms with van der Waals surface area (Å²) in [6.45, 7) is 0.681. The zero-order valence-corrected chi connectivity index (χ0v) is 14.0. The summed E-state index contributed by atoms with van der Waals surface area (Å²) in [7, 11) is 0. The fraction of sp³-hybridized carbons (Fsp3) is 0.158. The highest BCUT2D eigenvalue weighted by Gasteiger charge is 2.31. The second-order valence-electron chi connectivity index (χ2n) is 6.29. The van der Waals surface area contributed by atoms with Gasteiger partial charge in [-0.25, -0.2) is 4.68 Å². The van der Waals surface area contributed by atoms with E-state index in [1.165, 1.54) is 0 Å². The van der Waals surface area contributed by atoms with E-state index >= 15 is 0 Å². The number of nitrogens with one attached hydrogen (secondary N) is 1. The number of benzene rings is 2. The highest BCUT2D eigenvalue weighted by Crippen LogP contribution is 2.38. The van der Waals surface area contributed by atoms with Crippen LogP contribution >= 0.6 is 0 Å². The molecule has 1 unspecified atom stereocenters. The second-order valence-corrected chi connectivity index (χ2v) is 6.29. The molecule has 1 aromatic heterocycles. The van der Waals surface area contributed by atoms with Crippen molar-refractivity contribution in [2.24, 2.45) is 5.73 Å². The molecule has 7 nitrogen and oxygen atoms in total. The van der Waals surface area contributed by atoms with Crippen LogP contribution in [0.5, 0.6) is 5.75 Å². The van der Waals surface area contributed by atoms with Crippen molar-refractivity contribution < 1.29 is 9.90 Å². The van der Waals surface area contributed by atoms with Gasteiger partial charge in [0.2, 0.25) is 0 Å². The molecule has 0 radical (unpaired) electrons. The number of nitrogens with two attached hydrogens (primary N) is 2. The Morgan fingerprint density at radius 1 is 1.19 bits per heavy atom. The topological polar surface area (TPSA) is 119 Å². The maximum atomic E-state index is 12.2. The summed E-state index contributed by atoms with van der Waals surface area (Å²) < 4.78 is 1.79. The molecule has 1 atom stereocenters. The van der Waals surface area contributed by atoms with Gasteiger partial charge in [-0.3, -0.25) is 4.79 Å². The van der Waals surface area contributed by atoms with Crippen molar-refractivity contribution in [3.63, 3.8) is 0 Å². The first-order valence-electron chi connectivity index (χ1n) is 8.36. The van der Waals surface area contributed by atoms with Crippen LogP contribution in [0.25, 0.3) is 11.3 Å². The Hall–Kier alpha value is -3.48. The average Bonchev–Trinajstić information content (AvgIpc) is 3.02. The first-order chi connectivity index (χ1) is 12.6. The van der Waals surface area contributed by atoms with Crippen LogP contribution in [0.3, 0.4) is 0 Å². The van der Waals surface area contributed by atoms with Crippen LogP contribution in [0.2, 0.25) is 0 Å². The third-order valence-electron chi connectivity index (χ3n) is 4.66. The van der Waals surface area contributed by atoms with Crippen molar-refractivity contribution in [2.45, 2.75) is 12.5 Å². The molecule has 7 heteroatoms. The van der Waals surface area contributed by atoms with Crippen molar-refractivity contribution in [1.82, 2.24) is 9.78 Å². The number of amides is 1. The number of nitrogens with zero attached hydrogens (tertiary/aromatic N) is 2. The minimum absolute atomic E-state index is 0.0867. The molecule has 0 bridgehead atoms. The van der Waals surface area contributed by atoms with Crippen LogP contribution in [0.15, 0.2) is 48.5 Å². The van der Waals surface area contributed by atoms with Gasteiger partial charge in [0.05, 0.1) is 6.04 Å². The Bertz CT molecular complexity index is 978. The van der Waals surface area contributed by atoms with E-state index in [9.17, 15) is 9.90 Å². The number of aromatic hydroxyl groups is 1. The van der Waals surface area contributed by atoms with Gasteiger partial charge in [0.1, 0.15) is 22.8 Å². The van der Waals surface area contributed by atoms with E-state index in [2.05, 4.69) is 10.4 Å².